The van der Waals surface area contributed by atoms with Gasteiger partial charge in [-0.25, -0.2) is 15.0 Å². The number of fused-ring (bicyclic) bond motifs is 2. The topological polar surface area (TPSA) is 88.7 Å². The van der Waals surface area contributed by atoms with Crippen molar-refractivity contribution in [1.82, 2.24) is 29.4 Å². The Balaban J connectivity index is 0.981. The van der Waals surface area contributed by atoms with Gasteiger partial charge in [0.25, 0.3) is 0 Å². The van der Waals surface area contributed by atoms with Crippen molar-refractivity contribution in [1.29, 1.82) is 0 Å². The number of halogens is 4. The molecule has 0 bridgehead atoms. The molecule has 0 amide bonds. The Kier molecular flexibility index (Phi) is 6.50. The molecule has 2 aliphatic carbocycles. The molecule has 0 aliphatic heterocycles. The molecule has 3 aromatic heterocycles. The molecule has 6 rings (SSSR count). The van der Waals surface area contributed by atoms with Crippen molar-refractivity contribution in [3.05, 3.63) is 47.1 Å². The highest BCUT2D eigenvalue weighted by molar-refractivity contribution is 6.32. The fourth-order valence-corrected chi connectivity index (χ4v) is 6.64. The number of imidazole rings is 1. The van der Waals surface area contributed by atoms with Crippen LogP contribution in [0.15, 0.2) is 30.7 Å². The van der Waals surface area contributed by atoms with Crippen molar-refractivity contribution >= 4 is 39.5 Å². The number of nitrogen functional groups attached to an aromatic ring is 1. The summed E-state index contributed by atoms with van der Waals surface area (Å²) in [5.41, 5.74) is 6.94. The Hall–Kier alpha value is -2.85. The molecule has 1 aromatic carbocycles. The fourth-order valence-electron chi connectivity index (χ4n) is 6.36. The van der Waals surface area contributed by atoms with E-state index in [9.17, 15) is 13.2 Å². The van der Waals surface area contributed by atoms with Crippen LogP contribution in [0.5, 0.6) is 0 Å². The molecule has 11 heteroatoms. The number of nitrogens with one attached hydrogen (secondary N) is 1. The fraction of sp³-hybridized carbons (Fsp3) is 0.519. The number of alkyl halides is 3. The predicted molar refractivity (Wildman–Crippen MR) is 142 cm³/mol. The van der Waals surface area contributed by atoms with E-state index in [1.165, 1.54) is 18.8 Å². The molecule has 4 aromatic rings. The Labute approximate surface area is 223 Å². The van der Waals surface area contributed by atoms with E-state index in [1.807, 2.05) is 6.07 Å². The van der Waals surface area contributed by atoms with E-state index in [1.54, 1.807) is 0 Å². The molecular formula is C27H31ClF3N7. The summed E-state index contributed by atoms with van der Waals surface area (Å²) in [6.45, 7) is 1.09. The van der Waals surface area contributed by atoms with Crippen molar-refractivity contribution < 1.29 is 13.2 Å². The second kappa shape index (κ2) is 9.72. The van der Waals surface area contributed by atoms with Gasteiger partial charge in [0.15, 0.2) is 0 Å². The SMILES string of the molecule is CN(C[C@@H]1CC[C@H](n2ccc3c(N)ncnc32)C1)[C@H]1C[C@H](CCc2nc3cc(C(F)(F)F)c(Cl)cc3[nH]2)C1. The van der Waals surface area contributed by atoms with E-state index in [4.69, 9.17) is 17.3 Å². The van der Waals surface area contributed by atoms with Gasteiger partial charge in [0.1, 0.15) is 23.6 Å². The molecule has 2 saturated carbocycles. The molecule has 2 atom stereocenters. The van der Waals surface area contributed by atoms with Crippen LogP contribution in [-0.2, 0) is 12.6 Å². The molecule has 0 radical (unpaired) electrons. The number of hydrogen-bond acceptors (Lipinski definition) is 5. The number of benzene rings is 1. The molecule has 0 unspecified atom stereocenters. The van der Waals surface area contributed by atoms with E-state index >= 15 is 0 Å². The molecule has 3 N–H and O–H groups in total. The Morgan fingerprint density at radius 2 is 1.97 bits per heavy atom. The van der Waals surface area contributed by atoms with E-state index < -0.39 is 11.7 Å². The summed E-state index contributed by atoms with van der Waals surface area (Å²) in [6.07, 6.45) is 6.62. The summed E-state index contributed by atoms with van der Waals surface area (Å²) in [5.74, 6) is 2.51. The van der Waals surface area contributed by atoms with E-state index in [2.05, 4.69) is 42.6 Å². The molecule has 202 valence electrons. The van der Waals surface area contributed by atoms with Crippen LogP contribution in [-0.4, -0.2) is 49.0 Å². The van der Waals surface area contributed by atoms with Crippen LogP contribution < -0.4 is 5.73 Å². The lowest BCUT2D eigenvalue weighted by atomic mass is 9.76. The molecule has 38 heavy (non-hydrogen) atoms. The maximum atomic E-state index is 13.1. The normalized spacial score (nSPS) is 24.1. The minimum atomic E-state index is -4.49. The molecule has 7 nitrogen and oxygen atoms in total. The first-order valence-electron chi connectivity index (χ1n) is 13.2. The maximum Gasteiger partial charge on any atom is 0.417 e. The average molecular weight is 546 g/mol. The summed E-state index contributed by atoms with van der Waals surface area (Å²) in [5, 5.41) is 0.616. The lowest BCUT2D eigenvalue weighted by Gasteiger charge is -2.42. The van der Waals surface area contributed by atoms with Gasteiger partial charge in [-0.15, -0.1) is 0 Å². The second-order valence-electron chi connectivity index (χ2n) is 11.1. The number of hydrogen-bond donors (Lipinski definition) is 2. The number of nitrogens with two attached hydrogens (primary N) is 1. The second-order valence-corrected chi connectivity index (χ2v) is 11.5. The first-order valence-corrected chi connectivity index (χ1v) is 13.6. The molecule has 0 spiro atoms. The Morgan fingerprint density at radius 3 is 2.76 bits per heavy atom. The van der Waals surface area contributed by atoms with Gasteiger partial charge in [-0.2, -0.15) is 13.2 Å². The predicted octanol–water partition coefficient (Wildman–Crippen LogP) is 6.25. The van der Waals surface area contributed by atoms with Crippen LogP contribution in [0.25, 0.3) is 22.1 Å². The zero-order valence-corrected chi connectivity index (χ0v) is 21.9. The van der Waals surface area contributed by atoms with E-state index in [0.717, 1.165) is 62.2 Å². The molecule has 2 fully saturated rings. The smallest absolute Gasteiger partial charge is 0.383 e. The highest BCUT2D eigenvalue weighted by atomic mass is 35.5. The number of aryl methyl sites for hydroxylation is 1. The lowest BCUT2D eigenvalue weighted by Crippen LogP contribution is -2.44. The third-order valence-corrected chi connectivity index (χ3v) is 8.85. The highest BCUT2D eigenvalue weighted by Crippen LogP contribution is 2.40. The third-order valence-electron chi connectivity index (χ3n) is 8.54. The van der Waals surface area contributed by atoms with Crippen LogP contribution in [0.3, 0.4) is 0 Å². The number of H-pyrrole nitrogens is 1. The van der Waals surface area contributed by atoms with Gasteiger partial charge in [0, 0.05) is 31.2 Å². The number of anilines is 1. The van der Waals surface area contributed by atoms with Gasteiger partial charge >= 0.3 is 6.18 Å². The van der Waals surface area contributed by atoms with Gasteiger partial charge in [-0.05, 0) is 75.6 Å². The van der Waals surface area contributed by atoms with E-state index in [0.29, 0.717) is 46.6 Å². The summed E-state index contributed by atoms with van der Waals surface area (Å²) >= 11 is 5.84. The molecular weight excluding hydrogens is 515 g/mol. The number of aromatic nitrogens is 5. The Morgan fingerprint density at radius 1 is 1.16 bits per heavy atom. The average Bonchev–Trinajstić information content (AvgIpc) is 3.55. The maximum absolute atomic E-state index is 13.1. The quantitative estimate of drug-likeness (QED) is 0.287. The minimum Gasteiger partial charge on any atom is -0.383 e. The minimum absolute atomic E-state index is 0.306. The number of rotatable bonds is 7. The molecule has 2 aliphatic rings. The first-order chi connectivity index (χ1) is 18.2. The summed E-state index contributed by atoms with van der Waals surface area (Å²) in [7, 11) is 2.23. The zero-order valence-electron chi connectivity index (χ0n) is 21.2. The zero-order chi connectivity index (χ0) is 26.6. The first kappa shape index (κ1) is 25.4. The van der Waals surface area contributed by atoms with Crippen LogP contribution >= 0.6 is 11.6 Å². The van der Waals surface area contributed by atoms with Crippen molar-refractivity contribution in [2.24, 2.45) is 11.8 Å². The van der Waals surface area contributed by atoms with Gasteiger partial charge in [0.05, 0.1) is 27.0 Å². The summed E-state index contributed by atoms with van der Waals surface area (Å²) < 4.78 is 41.7. The monoisotopic (exact) mass is 545 g/mol. The summed E-state index contributed by atoms with van der Waals surface area (Å²) in [4.78, 5) is 18.6. The standard InChI is InChI=1S/C27H31ClF3N7/c1-37(13-16-2-4-17(10-16)38-7-6-19-25(32)33-14-34-26(19)38)18-8-15(9-18)3-5-24-35-22-11-20(27(29,30)31)21(28)12-23(22)36-24/h6-7,11-12,14-18H,2-5,8-10,13H2,1H3,(H,35,36)(H2,32,33,34)/t15-,16-,17+,18-/m1/s1. The van der Waals surface area contributed by atoms with Crippen molar-refractivity contribution in [2.45, 2.75) is 63.2 Å². The van der Waals surface area contributed by atoms with Crippen LogP contribution in [0.4, 0.5) is 19.0 Å². The number of nitrogens with zero attached hydrogens (tertiary/aromatic N) is 5. The van der Waals surface area contributed by atoms with Crippen molar-refractivity contribution in [3.8, 4) is 0 Å². The molecule has 0 saturated heterocycles. The Bertz CT molecular complexity index is 1460. The third kappa shape index (κ3) is 4.84. The van der Waals surface area contributed by atoms with E-state index in [-0.39, 0.29) is 5.02 Å². The number of aromatic amines is 1. The molecule has 3 heterocycles. The van der Waals surface area contributed by atoms with Crippen molar-refractivity contribution in [3.63, 3.8) is 0 Å². The van der Waals surface area contributed by atoms with Crippen molar-refractivity contribution in [2.75, 3.05) is 19.3 Å². The lowest BCUT2D eigenvalue weighted by molar-refractivity contribution is -0.137. The summed E-state index contributed by atoms with van der Waals surface area (Å²) in [6, 6.07) is 5.39. The van der Waals surface area contributed by atoms with Gasteiger partial charge in [0.2, 0.25) is 0 Å². The van der Waals surface area contributed by atoms with Gasteiger partial charge in [-0.1, -0.05) is 11.6 Å². The van der Waals surface area contributed by atoms with Gasteiger partial charge in [-0.3, -0.25) is 0 Å². The van der Waals surface area contributed by atoms with Gasteiger partial charge < -0.3 is 20.2 Å². The van der Waals surface area contributed by atoms with Crippen LogP contribution in [0, 0.1) is 11.8 Å². The van der Waals surface area contributed by atoms with Crippen LogP contribution in [0.2, 0.25) is 5.02 Å². The van der Waals surface area contributed by atoms with Crippen LogP contribution in [0.1, 0.15) is 56.0 Å². The highest BCUT2D eigenvalue weighted by Gasteiger charge is 2.36. The largest absolute Gasteiger partial charge is 0.417 e.